The molecule has 0 radical (unpaired) electrons. The molecule has 0 aromatic carbocycles. The van der Waals surface area contributed by atoms with E-state index < -0.39 is 0 Å². The third kappa shape index (κ3) is 4.31. The highest BCUT2D eigenvalue weighted by molar-refractivity contribution is 5.64. The van der Waals surface area contributed by atoms with E-state index in [0.717, 1.165) is 11.4 Å². The van der Waals surface area contributed by atoms with Crippen LogP contribution >= 0.6 is 0 Å². The van der Waals surface area contributed by atoms with Gasteiger partial charge in [0.15, 0.2) is 0 Å². The van der Waals surface area contributed by atoms with E-state index >= 15 is 0 Å². The fourth-order valence-electron chi connectivity index (χ4n) is 3.03. The molecule has 0 fully saturated rings. The van der Waals surface area contributed by atoms with Gasteiger partial charge in [0.25, 0.3) is 5.56 Å². The van der Waals surface area contributed by atoms with Crippen molar-refractivity contribution < 1.29 is 9.47 Å². The average Bonchev–Trinajstić information content (AvgIpc) is 2.98. The number of methoxy groups -OCH3 is 1. The summed E-state index contributed by atoms with van der Waals surface area (Å²) in [6.45, 7) is 6.51. The van der Waals surface area contributed by atoms with Crippen molar-refractivity contribution in [1.82, 2.24) is 24.3 Å². The standard InChI is InChI=1S/C21H27N5O3/c1-13(14(2)18-8-7-16(28-6)10-23-18)12-29-21-17(11-22-15(3)24-21)19-9-20(27)26(5)25(19)4/h7-11,13-14H,12H2,1-6H3/t13-,14?/m1/s1. The predicted molar refractivity (Wildman–Crippen MR) is 110 cm³/mol. The van der Waals surface area contributed by atoms with Crippen LogP contribution in [0.4, 0.5) is 0 Å². The monoisotopic (exact) mass is 397 g/mol. The van der Waals surface area contributed by atoms with Gasteiger partial charge in [0, 0.05) is 38.0 Å². The highest BCUT2D eigenvalue weighted by Gasteiger charge is 2.20. The Kier molecular flexibility index (Phi) is 6.00. The lowest BCUT2D eigenvalue weighted by atomic mass is 9.93. The Morgan fingerprint density at radius 2 is 1.86 bits per heavy atom. The van der Waals surface area contributed by atoms with Gasteiger partial charge in [-0.1, -0.05) is 13.8 Å². The van der Waals surface area contributed by atoms with Crippen LogP contribution in [0.3, 0.4) is 0 Å². The SMILES string of the molecule is COc1ccc(C(C)[C@H](C)COc2nc(C)ncc2-c2cc(=O)n(C)n2C)nc1. The number of hydrogen-bond acceptors (Lipinski definition) is 6. The Hall–Kier alpha value is -3.16. The van der Waals surface area contributed by atoms with Crippen LogP contribution < -0.4 is 15.0 Å². The number of aryl methyl sites for hydroxylation is 1. The van der Waals surface area contributed by atoms with Crippen molar-refractivity contribution in [2.24, 2.45) is 20.0 Å². The minimum absolute atomic E-state index is 0.0957. The zero-order valence-corrected chi connectivity index (χ0v) is 17.7. The minimum atomic E-state index is -0.0957. The van der Waals surface area contributed by atoms with Gasteiger partial charge < -0.3 is 9.47 Å². The molecule has 3 aromatic rings. The van der Waals surface area contributed by atoms with Crippen LogP contribution in [0.25, 0.3) is 11.3 Å². The molecule has 3 aromatic heterocycles. The Bertz CT molecular complexity index is 1040. The van der Waals surface area contributed by atoms with E-state index in [9.17, 15) is 4.79 Å². The van der Waals surface area contributed by atoms with E-state index in [1.807, 2.05) is 26.1 Å². The normalized spacial score (nSPS) is 13.2. The molecule has 0 aliphatic rings. The number of nitrogens with zero attached hydrogens (tertiary/aromatic N) is 5. The van der Waals surface area contributed by atoms with E-state index in [0.29, 0.717) is 29.6 Å². The van der Waals surface area contributed by atoms with E-state index in [1.165, 1.54) is 4.68 Å². The number of ether oxygens (including phenoxy) is 2. The highest BCUT2D eigenvalue weighted by atomic mass is 16.5. The summed E-state index contributed by atoms with van der Waals surface area (Å²) in [4.78, 5) is 25.2. The van der Waals surface area contributed by atoms with Gasteiger partial charge in [0.2, 0.25) is 5.88 Å². The van der Waals surface area contributed by atoms with Crippen LogP contribution in [-0.2, 0) is 14.1 Å². The number of aromatic nitrogens is 5. The fourth-order valence-corrected chi connectivity index (χ4v) is 3.03. The van der Waals surface area contributed by atoms with E-state index in [4.69, 9.17) is 9.47 Å². The van der Waals surface area contributed by atoms with Gasteiger partial charge in [-0.05, 0) is 25.0 Å². The second kappa shape index (κ2) is 8.46. The van der Waals surface area contributed by atoms with Crippen LogP contribution in [-0.4, -0.2) is 38.0 Å². The summed E-state index contributed by atoms with van der Waals surface area (Å²) in [6, 6.07) is 5.45. The van der Waals surface area contributed by atoms with E-state index in [1.54, 1.807) is 37.3 Å². The van der Waals surface area contributed by atoms with Gasteiger partial charge in [-0.3, -0.25) is 19.1 Å². The van der Waals surface area contributed by atoms with Crippen molar-refractivity contribution in [3.8, 4) is 22.9 Å². The number of pyridine rings is 1. The van der Waals surface area contributed by atoms with Gasteiger partial charge in [-0.25, -0.2) is 4.98 Å². The zero-order chi connectivity index (χ0) is 21.1. The first-order valence-electron chi connectivity index (χ1n) is 9.51. The lowest BCUT2D eigenvalue weighted by Crippen LogP contribution is -2.18. The summed E-state index contributed by atoms with van der Waals surface area (Å²) in [7, 11) is 5.16. The van der Waals surface area contributed by atoms with Gasteiger partial charge in [-0.15, -0.1) is 0 Å². The molecule has 0 aliphatic carbocycles. The van der Waals surface area contributed by atoms with Crippen molar-refractivity contribution >= 4 is 0 Å². The second-order valence-electron chi connectivity index (χ2n) is 7.25. The quantitative estimate of drug-likeness (QED) is 0.609. The third-order valence-corrected chi connectivity index (χ3v) is 5.33. The maximum atomic E-state index is 12.0. The van der Waals surface area contributed by atoms with E-state index in [-0.39, 0.29) is 17.4 Å². The van der Waals surface area contributed by atoms with Crippen LogP contribution in [0, 0.1) is 12.8 Å². The molecule has 1 unspecified atom stereocenters. The largest absolute Gasteiger partial charge is 0.495 e. The van der Waals surface area contributed by atoms with E-state index in [2.05, 4.69) is 28.8 Å². The molecule has 29 heavy (non-hydrogen) atoms. The third-order valence-electron chi connectivity index (χ3n) is 5.33. The molecule has 0 spiro atoms. The van der Waals surface area contributed by atoms with Gasteiger partial charge in [0.1, 0.15) is 11.6 Å². The molecule has 0 saturated carbocycles. The summed E-state index contributed by atoms with van der Waals surface area (Å²) in [5, 5.41) is 0. The van der Waals surface area contributed by atoms with Crippen molar-refractivity contribution in [3.05, 3.63) is 52.5 Å². The maximum absolute atomic E-state index is 12.0. The smallest absolute Gasteiger partial charge is 0.266 e. The number of hydrogen-bond donors (Lipinski definition) is 0. The molecule has 0 aliphatic heterocycles. The molecule has 0 amide bonds. The lowest BCUT2D eigenvalue weighted by Gasteiger charge is -2.20. The Morgan fingerprint density at radius 3 is 2.45 bits per heavy atom. The fraction of sp³-hybridized carbons (Fsp3) is 0.429. The first-order chi connectivity index (χ1) is 13.8. The molecule has 0 N–H and O–H groups in total. The molecule has 3 rings (SSSR count). The topological polar surface area (TPSA) is 84.1 Å². The second-order valence-corrected chi connectivity index (χ2v) is 7.25. The molecular weight excluding hydrogens is 370 g/mol. The van der Waals surface area contributed by atoms with Crippen LogP contribution in [0.1, 0.15) is 31.3 Å². The van der Waals surface area contributed by atoms with Gasteiger partial charge >= 0.3 is 0 Å². The van der Waals surface area contributed by atoms with Crippen LogP contribution in [0.5, 0.6) is 11.6 Å². The predicted octanol–water partition coefficient (Wildman–Crippen LogP) is 2.71. The van der Waals surface area contributed by atoms with Crippen molar-refractivity contribution in [2.45, 2.75) is 26.7 Å². The molecule has 0 saturated heterocycles. The number of rotatable bonds is 7. The minimum Gasteiger partial charge on any atom is -0.495 e. The molecule has 154 valence electrons. The van der Waals surface area contributed by atoms with Crippen LogP contribution in [0.15, 0.2) is 35.4 Å². The molecular formula is C21H27N5O3. The van der Waals surface area contributed by atoms with Crippen molar-refractivity contribution in [1.29, 1.82) is 0 Å². The Balaban J connectivity index is 1.80. The molecule has 8 heteroatoms. The van der Waals surface area contributed by atoms with Crippen molar-refractivity contribution in [2.75, 3.05) is 13.7 Å². The summed E-state index contributed by atoms with van der Waals surface area (Å²) < 4.78 is 14.6. The summed E-state index contributed by atoms with van der Waals surface area (Å²) in [5.74, 6) is 2.20. The molecule has 3 heterocycles. The first-order valence-corrected chi connectivity index (χ1v) is 9.51. The van der Waals surface area contributed by atoms with Gasteiger partial charge in [-0.2, -0.15) is 4.98 Å². The maximum Gasteiger partial charge on any atom is 0.266 e. The van der Waals surface area contributed by atoms with Crippen molar-refractivity contribution in [3.63, 3.8) is 0 Å². The summed E-state index contributed by atoms with van der Waals surface area (Å²) in [6.07, 6.45) is 3.42. The highest BCUT2D eigenvalue weighted by Crippen LogP contribution is 2.29. The molecule has 8 nitrogen and oxygen atoms in total. The zero-order valence-electron chi connectivity index (χ0n) is 17.7. The van der Waals surface area contributed by atoms with Gasteiger partial charge in [0.05, 0.1) is 31.2 Å². The summed E-state index contributed by atoms with van der Waals surface area (Å²) in [5.41, 5.74) is 2.29. The lowest BCUT2D eigenvalue weighted by molar-refractivity contribution is 0.232. The first kappa shape index (κ1) is 20.6. The Labute approximate surface area is 170 Å². The summed E-state index contributed by atoms with van der Waals surface area (Å²) >= 11 is 0. The molecule has 0 bridgehead atoms. The molecule has 2 atom stereocenters. The Morgan fingerprint density at radius 1 is 1.10 bits per heavy atom. The average molecular weight is 397 g/mol. The van der Waals surface area contributed by atoms with Crippen LogP contribution in [0.2, 0.25) is 0 Å².